The summed E-state index contributed by atoms with van der Waals surface area (Å²) in [4.78, 5) is 24.6. The summed E-state index contributed by atoms with van der Waals surface area (Å²) in [5, 5.41) is 19.9. The maximum atomic E-state index is 13.5. The summed E-state index contributed by atoms with van der Waals surface area (Å²) < 4.78 is 37.3. The topological polar surface area (TPSA) is 140 Å². The van der Waals surface area contributed by atoms with Crippen molar-refractivity contribution >= 4 is 56.7 Å². The predicted molar refractivity (Wildman–Crippen MR) is 177 cm³/mol. The summed E-state index contributed by atoms with van der Waals surface area (Å²) in [5.74, 6) is 0.421. The molecule has 0 unspecified atom stereocenters. The first-order valence-electron chi connectivity index (χ1n) is 13.7. The zero-order valence-electron chi connectivity index (χ0n) is 24.5. The van der Waals surface area contributed by atoms with Crippen LogP contribution in [0.4, 0.5) is 9.18 Å². The van der Waals surface area contributed by atoms with Crippen LogP contribution in [-0.2, 0) is 16.1 Å². The van der Waals surface area contributed by atoms with Crippen LogP contribution in [0.5, 0.6) is 17.2 Å². The van der Waals surface area contributed by atoms with E-state index in [1.165, 1.54) is 25.5 Å². The van der Waals surface area contributed by atoms with Gasteiger partial charge in [-0.05, 0) is 105 Å². The number of aliphatic hydroxyl groups excluding tert-OH is 1. The van der Waals surface area contributed by atoms with Crippen LogP contribution in [0.3, 0.4) is 0 Å². The number of hydrazone groups is 1. The van der Waals surface area contributed by atoms with Gasteiger partial charge in [-0.1, -0.05) is 18.2 Å². The number of amides is 2. The number of methoxy groups -OCH3 is 1. The number of esters is 1. The Morgan fingerprint density at radius 2 is 1.98 bits per heavy atom. The van der Waals surface area contributed by atoms with Gasteiger partial charge >= 0.3 is 12.0 Å². The Bertz CT molecular complexity index is 1600. The average molecular weight is 797 g/mol. The lowest BCUT2D eigenvalue weighted by Crippen LogP contribution is -2.45. The fraction of sp³-hybridized carbons (Fsp3) is 0.258. The zero-order valence-corrected chi connectivity index (χ0v) is 28.3. The molecular formula is C31H31BrFIN4O7. The molecule has 14 heteroatoms. The van der Waals surface area contributed by atoms with Gasteiger partial charge in [0.1, 0.15) is 24.8 Å². The van der Waals surface area contributed by atoms with E-state index in [4.69, 9.17) is 18.9 Å². The molecule has 0 saturated heterocycles. The lowest BCUT2D eigenvalue weighted by Gasteiger charge is -2.28. The monoisotopic (exact) mass is 796 g/mol. The van der Waals surface area contributed by atoms with Gasteiger partial charge in [0.2, 0.25) is 0 Å². The number of ether oxygens (including phenoxy) is 4. The standard InChI is InChI=1S/C31H31BrFIN4O7/c1-4-43-25-13-20(28-27(30(40)42-3)17(2)36-31(41)37-28)8-9-24(25)44-16-26(39)38-35-14-19-11-22(32)29(23(34)12-19)45-15-18-6-5-7-21(33)10-18/h5-14,26,28,38-39H,4,15-16H2,1-3H3,(H2,36,37,41)/b35-14-/t26-,28+/m1/s1. The van der Waals surface area contributed by atoms with Crippen LogP contribution < -0.4 is 30.3 Å². The Morgan fingerprint density at radius 3 is 2.69 bits per heavy atom. The number of nitrogens with one attached hydrogen (secondary N) is 3. The highest BCUT2D eigenvalue weighted by Crippen LogP contribution is 2.35. The molecule has 0 radical (unpaired) electrons. The van der Waals surface area contributed by atoms with Crippen molar-refractivity contribution in [1.82, 2.24) is 16.1 Å². The maximum absolute atomic E-state index is 13.5. The Labute approximate surface area is 281 Å². The first-order valence-corrected chi connectivity index (χ1v) is 15.6. The number of halogens is 3. The van der Waals surface area contributed by atoms with E-state index in [1.807, 2.05) is 6.07 Å². The first-order chi connectivity index (χ1) is 21.6. The molecule has 0 aliphatic carbocycles. The second kappa shape index (κ2) is 15.9. The summed E-state index contributed by atoms with van der Waals surface area (Å²) in [7, 11) is 1.27. The third-order valence-corrected chi connectivity index (χ3v) is 7.79. The van der Waals surface area contributed by atoms with E-state index in [2.05, 4.69) is 59.7 Å². The molecule has 2 atom stereocenters. The number of rotatable bonds is 13. The second-order valence-corrected chi connectivity index (χ2v) is 11.7. The van der Waals surface area contributed by atoms with Gasteiger partial charge in [-0.15, -0.1) is 0 Å². The lowest BCUT2D eigenvalue weighted by atomic mass is 9.95. The summed E-state index contributed by atoms with van der Waals surface area (Å²) in [6, 6.07) is 13.6. The number of urea groups is 1. The van der Waals surface area contributed by atoms with Crippen molar-refractivity contribution in [3.05, 3.63) is 96.4 Å². The molecule has 0 aromatic heterocycles. The van der Waals surface area contributed by atoms with Crippen LogP contribution in [0, 0.1) is 9.39 Å². The van der Waals surface area contributed by atoms with Crippen molar-refractivity contribution < 1.29 is 38.0 Å². The zero-order chi connectivity index (χ0) is 32.5. The Kier molecular flexibility index (Phi) is 12.0. The van der Waals surface area contributed by atoms with E-state index >= 15 is 0 Å². The van der Waals surface area contributed by atoms with E-state index in [-0.39, 0.29) is 24.6 Å². The van der Waals surface area contributed by atoms with Crippen molar-refractivity contribution in [2.75, 3.05) is 20.3 Å². The molecule has 3 aromatic carbocycles. The molecule has 0 spiro atoms. The number of aliphatic hydroxyl groups is 1. The number of nitrogens with zero attached hydrogens (tertiary/aromatic N) is 1. The molecule has 45 heavy (non-hydrogen) atoms. The molecule has 1 aliphatic rings. The fourth-order valence-corrected chi connectivity index (χ4v) is 6.16. The number of allylic oxidation sites excluding steroid dienone is 1. The Morgan fingerprint density at radius 1 is 1.18 bits per heavy atom. The van der Waals surface area contributed by atoms with Crippen LogP contribution in [0.25, 0.3) is 0 Å². The van der Waals surface area contributed by atoms with Crippen molar-refractivity contribution in [3.63, 3.8) is 0 Å². The Hall–Kier alpha value is -3.89. The van der Waals surface area contributed by atoms with Gasteiger partial charge in [0.05, 0.1) is 39.6 Å². The first kappa shape index (κ1) is 34.0. The van der Waals surface area contributed by atoms with Crippen LogP contribution in [-0.4, -0.2) is 49.9 Å². The number of carbonyl (C=O) groups excluding carboxylic acids is 2. The SMILES string of the molecule is CCOc1cc([C@@H]2NC(=O)NC(C)=C2C(=O)OC)ccc1OC[C@@H](O)N/N=C\c1cc(Br)c(OCc2cccc(F)c2)c(I)c1. The summed E-state index contributed by atoms with van der Waals surface area (Å²) in [6.07, 6.45) is 0.376. The fourth-order valence-electron chi connectivity index (χ4n) is 4.39. The summed E-state index contributed by atoms with van der Waals surface area (Å²) >= 11 is 5.65. The van der Waals surface area contributed by atoms with Gasteiger partial charge in [0.25, 0.3) is 0 Å². The molecule has 1 aliphatic heterocycles. The van der Waals surface area contributed by atoms with Crippen molar-refractivity contribution in [1.29, 1.82) is 0 Å². The van der Waals surface area contributed by atoms with Crippen molar-refractivity contribution in [2.45, 2.75) is 32.7 Å². The van der Waals surface area contributed by atoms with Crippen molar-refractivity contribution in [3.8, 4) is 17.2 Å². The summed E-state index contributed by atoms with van der Waals surface area (Å²) in [6.45, 7) is 3.80. The van der Waals surface area contributed by atoms with Gasteiger partial charge < -0.3 is 34.7 Å². The van der Waals surface area contributed by atoms with Gasteiger partial charge in [0.15, 0.2) is 17.7 Å². The minimum absolute atomic E-state index is 0.165. The molecule has 0 fully saturated rings. The van der Waals surface area contributed by atoms with Gasteiger partial charge in [0, 0.05) is 5.70 Å². The van der Waals surface area contributed by atoms with E-state index in [0.29, 0.717) is 45.2 Å². The van der Waals surface area contributed by atoms with Gasteiger partial charge in [-0.25, -0.2) is 14.0 Å². The lowest BCUT2D eigenvalue weighted by molar-refractivity contribution is -0.136. The van der Waals surface area contributed by atoms with Crippen LogP contribution >= 0.6 is 38.5 Å². The average Bonchev–Trinajstić information content (AvgIpc) is 2.99. The molecule has 4 rings (SSSR count). The molecule has 11 nitrogen and oxygen atoms in total. The summed E-state index contributed by atoms with van der Waals surface area (Å²) in [5.41, 5.74) is 5.29. The maximum Gasteiger partial charge on any atom is 0.337 e. The predicted octanol–water partition coefficient (Wildman–Crippen LogP) is 5.29. The third-order valence-electron chi connectivity index (χ3n) is 6.40. The van der Waals surface area contributed by atoms with E-state index in [1.54, 1.807) is 50.2 Å². The molecule has 1 heterocycles. The number of hydrogen-bond donors (Lipinski definition) is 4. The molecule has 3 aromatic rings. The smallest absolute Gasteiger partial charge is 0.337 e. The van der Waals surface area contributed by atoms with E-state index < -0.39 is 24.3 Å². The molecule has 238 valence electrons. The highest BCUT2D eigenvalue weighted by Gasteiger charge is 2.32. The normalized spacial score (nSPS) is 15.3. The third kappa shape index (κ3) is 9.08. The highest BCUT2D eigenvalue weighted by molar-refractivity contribution is 14.1. The van der Waals surface area contributed by atoms with Gasteiger partial charge in [-0.2, -0.15) is 5.10 Å². The second-order valence-electron chi connectivity index (χ2n) is 9.65. The van der Waals surface area contributed by atoms with Crippen LogP contribution in [0.1, 0.15) is 36.6 Å². The minimum Gasteiger partial charge on any atom is -0.490 e. The Balaban J connectivity index is 1.37. The largest absolute Gasteiger partial charge is 0.490 e. The number of carbonyl (C=O) groups is 2. The number of hydrogen-bond acceptors (Lipinski definition) is 9. The molecule has 4 N–H and O–H groups in total. The van der Waals surface area contributed by atoms with E-state index in [0.717, 1.165) is 9.13 Å². The highest BCUT2D eigenvalue weighted by atomic mass is 127. The number of benzene rings is 3. The van der Waals surface area contributed by atoms with Crippen LogP contribution in [0.15, 0.2) is 75.4 Å². The van der Waals surface area contributed by atoms with Gasteiger partial charge in [-0.3, -0.25) is 5.43 Å². The van der Waals surface area contributed by atoms with E-state index in [9.17, 15) is 19.1 Å². The molecule has 0 saturated carbocycles. The van der Waals surface area contributed by atoms with Crippen LogP contribution in [0.2, 0.25) is 0 Å². The molecule has 2 amide bonds. The molecular weight excluding hydrogens is 766 g/mol. The molecule has 0 bridgehead atoms. The minimum atomic E-state index is -1.16. The van der Waals surface area contributed by atoms with Crippen molar-refractivity contribution in [2.24, 2.45) is 5.10 Å². The quantitative estimate of drug-likeness (QED) is 0.0602.